The van der Waals surface area contributed by atoms with Crippen LogP contribution in [0.5, 0.6) is 0 Å². The number of likely N-dealkylation sites (N-methyl/N-ethyl adjacent to an activating group) is 1. The van der Waals surface area contributed by atoms with Crippen LogP contribution >= 0.6 is 0 Å². The van der Waals surface area contributed by atoms with E-state index >= 15 is 0 Å². The van der Waals surface area contributed by atoms with Crippen LogP contribution in [0, 0.1) is 0 Å². The number of hydrogen-bond donors (Lipinski definition) is 2. The van der Waals surface area contributed by atoms with E-state index in [2.05, 4.69) is 53.4 Å². The third-order valence-electron chi connectivity index (χ3n) is 2.80. The SMILES string of the molecule is CCCNc1cc(NC(C)CN(C)C)nc(COCC)n1. The molecule has 0 bridgehead atoms. The molecular formula is C15H29N5O. The molecule has 1 heterocycles. The van der Waals surface area contributed by atoms with Gasteiger partial charge in [0, 0.05) is 31.8 Å². The molecule has 0 aliphatic rings. The summed E-state index contributed by atoms with van der Waals surface area (Å²) in [4.78, 5) is 11.1. The summed E-state index contributed by atoms with van der Waals surface area (Å²) in [6.45, 7) is 9.19. The van der Waals surface area contributed by atoms with E-state index in [0.29, 0.717) is 25.1 Å². The predicted molar refractivity (Wildman–Crippen MR) is 87.8 cm³/mol. The van der Waals surface area contributed by atoms with E-state index in [9.17, 15) is 0 Å². The third kappa shape index (κ3) is 7.24. The van der Waals surface area contributed by atoms with E-state index in [0.717, 1.165) is 31.1 Å². The Kier molecular flexibility index (Phi) is 8.00. The molecule has 0 radical (unpaired) electrons. The molecule has 120 valence electrons. The highest BCUT2D eigenvalue weighted by Gasteiger charge is 2.08. The molecule has 1 aromatic heterocycles. The maximum atomic E-state index is 5.41. The molecule has 0 saturated heterocycles. The number of hydrogen-bond acceptors (Lipinski definition) is 6. The van der Waals surface area contributed by atoms with Gasteiger partial charge in [-0.2, -0.15) is 0 Å². The number of nitrogens with one attached hydrogen (secondary N) is 2. The first kappa shape index (κ1) is 17.7. The van der Waals surface area contributed by atoms with Crippen molar-refractivity contribution in [3.8, 4) is 0 Å². The molecule has 6 nitrogen and oxygen atoms in total. The highest BCUT2D eigenvalue weighted by molar-refractivity contribution is 5.48. The molecule has 1 aromatic rings. The smallest absolute Gasteiger partial charge is 0.158 e. The van der Waals surface area contributed by atoms with Crippen LogP contribution in [0.15, 0.2) is 6.07 Å². The zero-order chi connectivity index (χ0) is 15.7. The van der Waals surface area contributed by atoms with Gasteiger partial charge in [0.25, 0.3) is 0 Å². The van der Waals surface area contributed by atoms with Crippen LogP contribution < -0.4 is 10.6 Å². The molecule has 0 amide bonds. The number of ether oxygens (including phenoxy) is 1. The van der Waals surface area contributed by atoms with E-state index in [1.54, 1.807) is 0 Å². The van der Waals surface area contributed by atoms with Crippen LogP contribution in [-0.2, 0) is 11.3 Å². The first-order valence-electron chi connectivity index (χ1n) is 7.66. The number of nitrogens with zero attached hydrogens (tertiary/aromatic N) is 3. The molecule has 1 unspecified atom stereocenters. The van der Waals surface area contributed by atoms with Crippen molar-refractivity contribution in [1.82, 2.24) is 14.9 Å². The van der Waals surface area contributed by atoms with Crippen LogP contribution in [0.4, 0.5) is 11.6 Å². The van der Waals surface area contributed by atoms with Gasteiger partial charge in [-0.15, -0.1) is 0 Å². The van der Waals surface area contributed by atoms with Crippen molar-refractivity contribution in [1.29, 1.82) is 0 Å². The van der Waals surface area contributed by atoms with Crippen molar-refractivity contribution in [3.05, 3.63) is 11.9 Å². The molecule has 6 heteroatoms. The van der Waals surface area contributed by atoms with Gasteiger partial charge in [-0.05, 0) is 34.4 Å². The van der Waals surface area contributed by atoms with E-state index < -0.39 is 0 Å². The van der Waals surface area contributed by atoms with Gasteiger partial charge in [0.2, 0.25) is 0 Å². The standard InChI is InChI=1S/C15H29N5O/c1-6-8-16-13-9-14(17-12(3)10-20(4)5)19-15(18-13)11-21-7-2/h9,12H,6-8,10-11H2,1-5H3,(H2,16,17,18,19). The maximum absolute atomic E-state index is 5.41. The maximum Gasteiger partial charge on any atom is 0.158 e. The lowest BCUT2D eigenvalue weighted by Crippen LogP contribution is -2.30. The van der Waals surface area contributed by atoms with Crippen LogP contribution in [0.3, 0.4) is 0 Å². The third-order valence-corrected chi connectivity index (χ3v) is 2.80. The molecule has 0 fully saturated rings. The average molecular weight is 295 g/mol. The second kappa shape index (κ2) is 9.52. The summed E-state index contributed by atoms with van der Waals surface area (Å²) < 4.78 is 5.41. The van der Waals surface area contributed by atoms with E-state index in [4.69, 9.17) is 4.74 Å². The van der Waals surface area contributed by atoms with Gasteiger partial charge in [-0.1, -0.05) is 6.92 Å². The van der Waals surface area contributed by atoms with Gasteiger partial charge in [-0.3, -0.25) is 0 Å². The van der Waals surface area contributed by atoms with Gasteiger partial charge in [0.05, 0.1) is 0 Å². The lowest BCUT2D eigenvalue weighted by Gasteiger charge is -2.19. The molecule has 0 aliphatic heterocycles. The van der Waals surface area contributed by atoms with Gasteiger partial charge in [0.1, 0.15) is 18.2 Å². The van der Waals surface area contributed by atoms with E-state index in [-0.39, 0.29) is 0 Å². The summed E-state index contributed by atoms with van der Waals surface area (Å²) >= 11 is 0. The van der Waals surface area contributed by atoms with Crippen LogP contribution in [0.1, 0.15) is 33.0 Å². The average Bonchev–Trinajstić information content (AvgIpc) is 2.41. The van der Waals surface area contributed by atoms with Crippen molar-refractivity contribution in [3.63, 3.8) is 0 Å². The van der Waals surface area contributed by atoms with Crippen molar-refractivity contribution in [2.24, 2.45) is 0 Å². The van der Waals surface area contributed by atoms with Gasteiger partial charge >= 0.3 is 0 Å². The quantitative estimate of drug-likeness (QED) is 0.690. The highest BCUT2D eigenvalue weighted by atomic mass is 16.5. The number of rotatable bonds is 10. The summed E-state index contributed by atoms with van der Waals surface area (Å²) in [6, 6.07) is 2.27. The van der Waals surface area contributed by atoms with Crippen LogP contribution in [0.2, 0.25) is 0 Å². The fourth-order valence-corrected chi connectivity index (χ4v) is 2.02. The largest absolute Gasteiger partial charge is 0.374 e. The van der Waals surface area contributed by atoms with Crippen molar-refractivity contribution in [2.75, 3.05) is 44.4 Å². The topological polar surface area (TPSA) is 62.3 Å². The molecule has 0 saturated carbocycles. The van der Waals surface area contributed by atoms with Crippen LogP contribution in [-0.4, -0.2) is 54.7 Å². The minimum atomic E-state index is 0.314. The molecule has 0 spiro atoms. The Morgan fingerprint density at radius 2 is 1.95 bits per heavy atom. The Labute approximate surface area is 128 Å². The Balaban J connectivity index is 2.79. The lowest BCUT2D eigenvalue weighted by atomic mass is 10.3. The summed E-state index contributed by atoms with van der Waals surface area (Å²) in [5, 5.41) is 6.73. The Morgan fingerprint density at radius 1 is 1.24 bits per heavy atom. The molecule has 2 N–H and O–H groups in total. The fraction of sp³-hybridized carbons (Fsp3) is 0.733. The second-order valence-electron chi connectivity index (χ2n) is 5.43. The molecular weight excluding hydrogens is 266 g/mol. The Bertz CT molecular complexity index is 385. The molecule has 0 aliphatic carbocycles. The monoisotopic (exact) mass is 295 g/mol. The molecule has 21 heavy (non-hydrogen) atoms. The first-order chi connectivity index (χ1) is 10.0. The fourth-order valence-electron chi connectivity index (χ4n) is 2.02. The zero-order valence-electron chi connectivity index (χ0n) is 13.9. The second-order valence-corrected chi connectivity index (χ2v) is 5.43. The number of anilines is 2. The lowest BCUT2D eigenvalue weighted by molar-refractivity contribution is 0.128. The summed E-state index contributed by atoms with van der Waals surface area (Å²) in [7, 11) is 4.12. The molecule has 0 aromatic carbocycles. The molecule has 1 atom stereocenters. The van der Waals surface area contributed by atoms with Gasteiger partial charge in [-0.25, -0.2) is 9.97 Å². The first-order valence-corrected chi connectivity index (χ1v) is 7.66. The molecule has 1 rings (SSSR count). The Hall–Kier alpha value is -1.40. The zero-order valence-corrected chi connectivity index (χ0v) is 13.9. The summed E-state index contributed by atoms with van der Waals surface area (Å²) in [5.41, 5.74) is 0. The van der Waals surface area contributed by atoms with Gasteiger partial charge < -0.3 is 20.3 Å². The van der Waals surface area contributed by atoms with Crippen molar-refractivity contribution >= 4 is 11.6 Å². The minimum Gasteiger partial charge on any atom is -0.374 e. The highest BCUT2D eigenvalue weighted by Crippen LogP contribution is 2.13. The van der Waals surface area contributed by atoms with Crippen molar-refractivity contribution in [2.45, 2.75) is 39.8 Å². The number of aromatic nitrogens is 2. The summed E-state index contributed by atoms with van der Waals surface area (Å²) in [6.07, 6.45) is 1.06. The summed E-state index contributed by atoms with van der Waals surface area (Å²) in [5.74, 6) is 2.39. The van der Waals surface area contributed by atoms with E-state index in [1.165, 1.54) is 0 Å². The predicted octanol–water partition coefficient (Wildman–Crippen LogP) is 2.20. The Morgan fingerprint density at radius 3 is 2.57 bits per heavy atom. The van der Waals surface area contributed by atoms with E-state index in [1.807, 2.05) is 13.0 Å². The van der Waals surface area contributed by atoms with Crippen molar-refractivity contribution < 1.29 is 4.74 Å². The van der Waals surface area contributed by atoms with Gasteiger partial charge in [0.15, 0.2) is 5.82 Å². The van der Waals surface area contributed by atoms with Crippen LogP contribution in [0.25, 0.3) is 0 Å². The normalized spacial score (nSPS) is 12.5. The minimum absolute atomic E-state index is 0.314.